The van der Waals surface area contributed by atoms with Crippen molar-refractivity contribution in [1.29, 1.82) is 0 Å². The number of aryl methyl sites for hydroxylation is 1. The highest BCUT2D eigenvalue weighted by molar-refractivity contribution is 5.22. The monoisotopic (exact) mass is 288 g/mol. The molecule has 0 spiro atoms. The fraction of sp³-hybridized carbons (Fsp3) is 0.600. The number of allylic oxidation sites excluding steroid dienone is 2. The van der Waals surface area contributed by atoms with Crippen LogP contribution in [0.15, 0.2) is 20.2 Å². The molecule has 1 unspecified atom stereocenters. The summed E-state index contributed by atoms with van der Waals surface area (Å²) in [6, 6.07) is 0. The van der Waals surface area contributed by atoms with E-state index in [0.29, 0.717) is 29.9 Å². The van der Waals surface area contributed by atoms with Gasteiger partial charge in [-0.1, -0.05) is 28.4 Å². The minimum Gasteiger partial charge on any atom is -0.340 e. The van der Waals surface area contributed by atoms with E-state index in [-0.39, 0.29) is 5.41 Å². The number of aromatic nitrogens is 4. The molecular formula is C15H20N4O2. The van der Waals surface area contributed by atoms with Gasteiger partial charge in [0.25, 0.3) is 0 Å². The van der Waals surface area contributed by atoms with Crippen LogP contribution in [0.1, 0.15) is 63.5 Å². The SMILES string of the molecule is CC1=C(C)CC(C)(c2nc(Cc3noc(C)n3)no2)CC1. The molecule has 3 rings (SSSR count). The van der Waals surface area contributed by atoms with Gasteiger partial charge in [-0.3, -0.25) is 0 Å². The molecule has 1 atom stereocenters. The largest absolute Gasteiger partial charge is 0.340 e. The maximum absolute atomic E-state index is 5.50. The van der Waals surface area contributed by atoms with Crippen molar-refractivity contribution in [3.63, 3.8) is 0 Å². The third kappa shape index (κ3) is 2.75. The molecule has 0 amide bonds. The van der Waals surface area contributed by atoms with Gasteiger partial charge in [0.05, 0.1) is 11.8 Å². The first-order valence-electron chi connectivity index (χ1n) is 7.24. The number of hydrogen-bond donors (Lipinski definition) is 0. The Morgan fingerprint density at radius 1 is 1.00 bits per heavy atom. The van der Waals surface area contributed by atoms with Crippen LogP contribution in [-0.4, -0.2) is 20.3 Å². The Labute approximate surface area is 123 Å². The van der Waals surface area contributed by atoms with Gasteiger partial charge in [-0.2, -0.15) is 9.97 Å². The minimum absolute atomic E-state index is 0.0674. The third-order valence-corrected chi connectivity index (χ3v) is 4.31. The quantitative estimate of drug-likeness (QED) is 0.807. The molecule has 6 nitrogen and oxygen atoms in total. The molecule has 2 aromatic heterocycles. The fourth-order valence-electron chi connectivity index (χ4n) is 2.81. The summed E-state index contributed by atoms with van der Waals surface area (Å²) in [5.41, 5.74) is 2.84. The number of nitrogens with zero attached hydrogens (tertiary/aromatic N) is 4. The summed E-state index contributed by atoms with van der Waals surface area (Å²) in [4.78, 5) is 8.71. The van der Waals surface area contributed by atoms with Crippen LogP contribution in [0.5, 0.6) is 0 Å². The van der Waals surface area contributed by atoms with E-state index >= 15 is 0 Å². The van der Waals surface area contributed by atoms with Gasteiger partial charge in [0.2, 0.25) is 11.8 Å². The highest BCUT2D eigenvalue weighted by atomic mass is 16.5. The standard InChI is InChI=1S/C15H20N4O2/c1-9-5-6-15(4,8-10(9)2)14-17-13(19-21-14)7-12-16-11(3)20-18-12/h5-8H2,1-4H3. The lowest BCUT2D eigenvalue weighted by molar-refractivity contribution is 0.268. The molecule has 1 aliphatic rings. The summed E-state index contributed by atoms with van der Waals surface area (Å²) in [5.74, 6) is 2.45. The second-order valence-corrected chi connectivity index (χ2v) is 6.22. The van der Waals surface area contributed by atoms with E-state index in [1.807, 2.05) is 0 Å². The van der Waals surface area contributed by atoms with Gasteiger partial charge in [-0.15, -0.1) is 0 Å². The van der Waals surface area contributed by atoms with Gasteiger partial charge < -0.3 is 9.05 Å². The first kappa shape index (κ1) is 14.0. The van der Waals surface area contributed by atoms with Crippen LogP contribution in [0.2, 0.25) is 0 Å². The molecule has 1 aliphatic carbocycles. The van der Waals surface area contributed by atoms with Crippen LogP contribution in [0.25, 0.3) is 0 Å². The van der Waals surface area contributed by atoms with Crippen molar-refractivity contribution in [3.8, 4) is 0 Å². The van der Waals surface area contributed by atoms with Gasteiger partial charge in [-0.25, -0.2) is 0 Å². The van der Waals surface area contributed by atoms with Crippen molar-refractivity contribution in [1.82, 2.24) is 20.3 Å². The van der Waals surface area contributed by atoms with E-state index in [9.17, 15) is 0 Å². The zero-order valence-electron chi connectivity index (χ0n) is 12.9. The Balaban J connectivity index is 1.78. The molecule has 21 heavy (non-hydrogen) atoms. The van der Waals surface area contributed by atoms with Crippen molar-refractivity contribution in [2.45, 2.75) is 58.8 Å². The van der Waals surface area contributed by atoms with E-state index in [0.717, 1.165) is 19.3 Å². The molecule has 0 aromatic carbocycles. The third-order valence-electron chi connectivity index (χ3n) is 4.31. The summed E-state index contributed by atoms with van der Waals surface area (Å²) >= 11 is 0. The zero-order valence-corrected chi connectivity index (χ0v) is 12.9. The van der Waals surface area contributed by atoms with Gasteiger partial charge in [0.1, 0.15) is 0 Å². The van der Waals surface area contributed by atoms with Gasteiger partial charge >= 0.3 is 0 Å². The summed E-state index contributed by atoms with van der Waals surface area (Å²) in [7, 11) is 0. The molecule has 0 bridgehead atoms. The van der Waals surface area contributed by atoms with E-state index in [4.69, 9.17) is 9.05 Å². The van der Waals surface area contributed by atoms with Crippen molar-refractivity contribution in [2.75, 3.05) is 0 Å². The van der Waals surface area contributed by atoms with Crippen molar-refractivity contribution in [2.24, 2.45) is 0 Å². The van der Waals surface area contributed by atoms with Crippen LogP contribution in [0, 0.1) is 6.92 Å². The van der Waals surface area contributed by atoms with Crippen molar-refractivity contribution >= 4 is 0 Å². The van der Waals surface area contributed by atoms with E-state index in [1.165, 1.54) is 11.1 Å². The Morgan fingerprint density at radius 2 is 1.71 bits per heavy atom. The molecule has 2 aromatic rings. The van der Waals surface area contributed by atoms with Crippen LogP contribution in [0.4, 0.5) is 0 Å². The first-order chi connectivity index (χ1) is 9.96. The topological polar surface area (TPSA) is 77.8 Å². The predicted octanol–water partition coefficient (Wildman–Crippen LogP) is 3.13. The smallest absolute Gasteiger partial charge is 0.232 e. The summed E-state index contributed by atoms with van der Waals surface area (Å²) in [6.45, 7) is 8.34. The van der Waals surface area contributed by atoms with Crippen LogP contribution in [0.3, 0.4) is 0 Å². The van der Waals surface area contributed by atoms with Gasteiger partial charge in [0.15, 0.2) is 11.6 Å². The van der Waals surface area contributed by atoms with Crippen molar-refractivity contribution < 1.29 is 9.05 Å². The predicted molar refractivity (Wildman–Crippen MR) is 75.7 cm³/mol. The van der Waals surface area contributed by atoms with E-state index in [2.05, 4.69) is 41.1 Å². The van der Waals surface area contributed by atoms with Crippen LogP contribution >= 0.6 is 0 Å². The first-order valence-corrected chi connectivity index (χ1v) is 7.24. The minimum atomic E-state index is -0.0674. The molecule has 0 aliphatic heterocycles. The molecule has 0 radical (unpaired) electrons. The average molecular weight is 288 g/mol. The highest BCUT2D eigenvalue weighted by Gasteiger charge is 2.36. The van der Waals surface area contributed by atoms with E-state index in [1.54, 1.807) is 6.92 Å². The maximum atomic E-state index is 5.50. The second kappa shape index (κ2) is 5.09. The second-order valence-electron chi connectivity index (χ2n) is 6.22. The fourth-order valence-corrected chi connectivity index (χ4v) is 2.81. The maximum Gasteiger partial charge on any atom is 0.232 e. The van der Waals surface area contributed by atoms with Gasteiger partial charge in [-0.05, 0) is 33.1 Å². The van der Waals surface area contributed by atoms with Crippen LogP contribution in [-0.2, 0) is 11.8 Å². The highest BCUT2D eigenvalue weighted by Crippen LogP contribution is 2.40. The molecule has 0 N–H and O–H groups in total. The van der Waals surface area contributed by atoms with Crippen molar-refractivity contribution in [3.05, 3.63) is 34.6 Å². The average Bonchev–Trinajstić information content (AvgIpc) is 3.05. The lowest BCUT2D eigenvalue weighted by Crippen LogP contribution is -2.26. The molecule has 112 valence electrons. The van der Waals surface area contributed by atoms with E-state index < -0.39 is 0 Å². The number of rotatable bonds is 3. The molecule has 6 heteroatoms. The van der Waals surface area contributed by atoms with Crippen LogP contribution < -0.4 is 0 Å². The Bertz CT molecular complexity index is 685. The normalized spacial score (nSPS) is 22.9. The molecule has 0 fully saturated rings. The summed E-state index contributed by atoms with van der Waals surface area (Å²) in [6.07, 6.45) is 3.54. The zero-order chi connectivity index (χ0) is 15.0. The summed E-state index contributed by atoms with van der Waals surface area (Å²) in [5, 5.41) is 7.92. The lowest BCUT2D eigenvalue weighted by atomic mass is 9.73. The summed E-state index contributed by atoms with van der Waals surface area (Å²) < 4.78 is 10.5. The Morgan fingerprint density at radius 3 is 2.38 bits per heavy atom. The molecule has 0 saturated heterocycles. The molecule has 0 saturated carbocycles. The molecule has 2 heterocycles. The lowest BCUT2D eigenvalue weighted by Gasteiger charge is -2.31. The Hall–Kier alpha value is -1.98. The Kier molecular flexibility index (Phi) is 3.39. The number of hydrogen-bond acceptors (Lipinski definition) is 6. The van der Waals surface area contributed by atoms with Gasteiger partial charge in [0, 0.05) is 6.92 Å². The molecular weight excluding hydrogens is 268 g/mol.